The van der Waals surface area contributed by atoms with Gasteiger partial charge in [-0.2, -0.15) is 0 Å². The molecule has 2 heterocycles. The Bertz CT molecular complexity index is 569. The molecular formula is C20H31NOS. The van der Waals surface area contributed by atoms with Crippen molar-refractivity contribution < 1.29 is 4.79 Å². The minimum Gasteiger partial charge on any atom is -0.336 e. The molecule has 1 fully saturated rings. The van der Waals surface area contributed by atoms with Gasteiger partial charge in [-0.3, -0.25) is 4.79 Å². The lowest BCUT2D eigenvalue weighted by Crippen LogP contribution is -2.43. The summed E-state index contributed by atoms with van der Waals surface area (Å²) in [6.07, 6.45) is 8.19. The number of fused-ring (bicyclic) bond motifs is 1. The third kappa shape index (κ3) is 3.35. The van der Waals surface area contributed by atoms with Crippen LogP contribution >= 0.6 is 11.3 Å². The molecule has 1 amide bonds. The van der Waals surface area contributed by atoms with E-state index >= 15 is 0 Å². The number of nitrogens with zero attached hydrogens (tertiary/aromatic N) is 1. The minimum absolute atomic E-state index is 0.309. The summed E-state index contributed by atoms with van der Waals surface area (Å²) in [6, 6.07) is 0.456. The lowest BCUT2D eigenvalue weighted by atomic mass is 9.72. The summed E-state index contributed by atoms with van der Waals surface area (Å²) < 4.78 is 0. The molecule has 1 aromatic rings. The fourth-order valence-corrected chi connectivity index (χ4v) is 5.43. The first-order valence-electron chi connectivity index (χ1n) is 9.32. The molecule has 2 unspecified atom stereocenters. The number of amides is 1. The molecule has 0 bridgehead atoms. The highest BCUT2D eigenvalue weighted by Gasteiger charge is 2.34. The second kappa shape index (κ2) is 6.58. The van der Waals surface area contributed by atoms with E-state index in [2.05, 4.69) is 38.0 Å². The zero-order valence-corrected chi connectivity index (χ0v) is 16.0. The van der Waals surface area contributed by atoms with E-state index in [1.165, 1.54) is 36.1 Å². The Morgan fingerprint density at radius 2 is 2.09 bits per heavy atom. The van der Waals surface area contributed by atoms with Crippen LogP contribution in [0.2, 0.25) is 0 Å². The maximum Gasteiger partial charge on any atom is 0.255 e. The number of thiophene rings is 1. The third-order valence-electron chi connectivity index (χ3n) is 5.97. The quantitative estimate of drug-likeness (QED) is 0.719. The number of piperidine rings is 1. The van der Waals surface area contributed by atoms with Gasteiger partial charge in [0.05, 0.1) is 5.56 Å². The van der Waals surface area contributed by atoms with Crippen molar-refractivity contribution in [2.45, 2.75) is 78.7 Å². The van der Waals surface area contributed by atoms with Gasteiger partial charge in [-0.15, -0.1) is 11.3 Å². The number of carbonyl (C=O) groups is 1. The molecule has 0 aromatic carbocycles. The van der Waals surface area contributed by atoms with Crippen LogP contribution in [0, 0.1) is 11.3 Å². The van der Waals surface area contributed by atoms with Crippen LogP contribution in [0.5, 0.6) is 0 Å². The Kier molecular flexibility index (Phi) is 4.87. The Labute approximate surface area is 145 Å². The first-order valence-corrected chi connectivity index (χ1v) is 10.2. The van der Waals surface area contributed by atoms with E-state index in [1.807, 2.05) is 11.3 Å². The van der Waals surface area contributed by atoms with Gasteiger partial charge < -0.3 is 4.90 Å². The fraction of sp³-hybridized carbons (Fsp3) is 0.750. The Balaban J connectivity index is 1.80. The van der Waals surface area contributed by atoms with Crippen LogP contribution in [0.1, 0.15) is 80.6 Å². The van der Waals surface area contributed by atoms with E-state index in [0.29, 0.717) is 17.4 Å². The van der Waals surface area contributed by atoms with Crippen molar-refractivity contribution in [1.82, 2.24) is 4.90 Å². The average Bonchev–Trinajstić information content (AvgIpc) is 2.96. The maximum atomic E-state index is 13.1. The van der Waals surface area contributed by atoms with Gasteiger partial charge in [0.2, 0.25) is 0 Å². The highest BCUT2D eigenvalue weighted by Crippen LogP contribution is 2.41. The topological polar surface area (TPSA) is 20.3 Å². The zero-order valence-electron chi connectivity index (χ0n) is 15.2. The Morgan fingerprint density at radius 3 is 2.78 bits per heavy atom. The summed E-state index contributed by atoms with van der Waals surface area (Å²) in [5, 5.41) is 2.15. The maximum absolute atomic E-state index is 13.1. The Hall–Kier alpha value is -0.830. The highest BCUT2D eigenvalue weighted by molar-refractivity contribution is 7.10. The van der Waals surface area contributed by atoms with Gasteiger partial charge in [0.15, 0.2) is 0 Å². The average molecular weight is 334 g/mol. The van der Waals surface area contributed by atoms with Crippen molar-refractivity contribution in [1.29, 1.82) is 0 Å². The summed E-state index contributed by atoms with van der Waals surface area (Å²) in [5.74, 6) is 1.05. The number of likely N-dealkylation sites (tertiary alicyclic amines) is 1. The number of hydrogen-bond acceptors (Lipinski definition) is 2. The molecule has 1 aliphatic heterocycles. The van der Waals surface area contributed by atoms with Crippen molar-refractivity contribution in [3.8, 4) is 0 Å². The lowest BCUT2D eigenvalue weighted by Gasteiger charge is -2.36. The molecule has 0 N–H and O–H groups in total. The summed E-state index contributed by atoms with van der Waals surface area (Å²) in [7, 11) is 0. The van der Waals surface area contributed by atoms with E-state index in [9.17, 15) is 4.79 Å². The molecule has 1 aromatic heterocycles. The van der Waals surface area contributed by atoms with Crippen molar-refractivity contribution >= 4 is 17.2 Å². The van der Waals surface area contributed by atoms with E-state index < -0.39 is 0 Å². The zero-order chi connectivity index (χ0) is 16.6. The summed E-state index contributed by atoms with van der Waals surface area (Å²) in [4.78, 5) is 16.8. The van der Waals surface area contributed by atoms with Gasteiger partial charge in [-0.25, -0.2) is 0 Å². The van der Waals surface area contributed by atoms with Crippen LogP contribution in [0.25, 0.3) is 0 Å². The second-order valence-electron chi connectivity index (χ2n) is 8.41. The monoisotopic (exact) mass is 333 g/mol. The normalized spacial score (nSPS) is 25.3. The highest BCUT2D eigenvalue weighted by atomic mass is 32.1. The predicted octanol–water partition coefficient (Wildman–Crippen LogP) is 5.30. The van der Waals surface area contributed by atoms with E-state index in [4.69, 9.17) is 0 Å². The molecule has 1 aliphatic carbocycles. The second-order valence-corrected chi connectivity index (χ2v) is 9.38. The smallest absolute Gasteiger partial charge is 0.255 e. The molecule has 0 spiro atoms. The molecule has 0 saturated carbocycles. The van der Waals surface area contributed by atoms with Gasteiger partial charge in [0.1, 0.15) is 0 Å². The molecule has 23 heavy (non-hydrogen) atoms. The number of hydrogen-bond donors (Lipinski definition) is 0. The summed E-state index contributed by atoms with van der Waals surface area (Å²) in [6.45, 7) is 10.2. The molecule has 0 radical (unpaired) electrons. The number of rotatable bonds is 2. The Morgan fingerprint density at radius 1 is 1.30 bits per heavy atom. The van der Waals surface area contributed by atoms with Gasteiger partial charge in [-0.05, 0) is 61.8 Å². The van der Waals surface area contributed by atoms with Crippen LogP contribution in [0.15, 0.2) is 5.38 Å². The van der Waals surface area contributed by atoms with Gasteiger partial charge in [0.25, 0.3) is 5.91 Å². The fourth-order valence-electron chi connectivity index (χ4n) is 4.28. The van der Waals surface area contributed by atoms with Gasteiger partial charge in [0, 0.05) is 22.8 Å². The minimum atomic E-state index is 0.309. The summed E-state index contributed by atoms with van der Waals surface area (Å²) >= 11 is 1.83. The van der Waals surface area contributed by atoms with Crippen molar-refractivity contribution in [3.63, 3.8) is 0 Å². The molecule has 3 rings (SSSR count). The van der Waals surface area contributed by atoms with Crippen molar-refractivity contribution in [2.24, 2.45) is 11.3 Å². The largest absolute Gasteiger partial charge is 0.336 e. The van der Waals surface area contributed by atoms with Crippen molar-refractivity contribution in [2.75, 3.05) is 6.54 Å². The first-order chi connectivity index (χ1) is 10.9. The summed E-state index contributed by atoms with van der Waals surface area (Å²) in [5.41, 5.74) is 2.77. The third-order valence-corrected chi connectivity index (χ3v) is 7.02. The molecule has 3 heteroatoms. The molecular weight excluding hydrogens is 302 g/mol. The van der Waals surface area contributed by atoms with E-state index in [0.717, 1.165) is 37.3 Å². The van der Waals surface area contributed by atoms with Crippen LogP contribution in [0.3, 0.4) is 0 Å². The molecule has 1 saturated heterocycles. The van der Waals surface area contributed by atoms with Gasteiger partial charge >= 0.3 is 0 Å². The predicted molar refractivity (Wildman–Crippen MR) is 98.3 cm³/mol. The molecule has 2 aliphatic rings. The first kappa shape index (κ1) is 17.0. The van der Waals surface area contributed by atoms with Crippen LogP contribution < -0.4 is 0 Å². The molecule has 2 nitrogen and oxygen atoms in total. The number of carbonyl (C=O) groups excluding carboxylic acids is 1. The van der Waals surface area contributed by atoms with E-state index in [1.54, 1.807) is 0 Å². The molecule has 2 atom stereocenters. The lowest BCUT2D eigenvalue weighted by molar-refractivity contribution is 0.0607. The molecule has 128 valence electrons. The van der Waals surface area contributed by atoms with Crippen molar-refractivity contribution in [3.05, 3.63) is 21.4 Å². The standard InChI is InChI=1S/C20H31NOS/c1-5-15-8-6-7-11-21(15)19(22)17-13-23-18-12-14(20(2,3)4)9-10-16(17)18/h13-15H,5-12H2,1-4H3. The van der Waals surface area contributed by atoms with Crippen LogP contribution in [-0.2, 0) is 12.8 Å². The van der Waals surface area contributed by atoms with E-state index in [-0.39, 0.29) is 0 Å². The van der Waals surface area contributed by atoms with Crippen LogP contribution in [-0.4, -0.2) is 23.4 Å². The van der Waals surface area contributed by atoms with Crippen LogP contribution in [0.4, 0.5) is 0 Å². The SMILES string of the molecule is CCC1CCCCN1C(=O)c1csc2c1CCC(C(C)(C)C)C2. The van der Waals surface area contributed by atoms with Gasteiger partial charge in [-0.1, -0.05) is 27.7 Å².